The van der Waals surface area contributed by atoms with Crippen LogP contribution in [0.3, 0.4) is 0 Å². The van der Waals surface area contributed by atoms with Crippen LogP contribution in [0.4, 0.5) is 5.13 Å². The minimum absolute atomic E-state index is 0.665. The predicted octanol–water partition coefficient (Wildman–Crippen LogP) is 2.97. The predicted molar refractivity (Wildman–Crippen MR) is 53.1 cm³/mol. The summed E-state index contributed by atoms with van der Waals surface area (Å²) in [4.78, 5) is 4.21. The molecule has 1 rings (SSSR count). The third kappa shape index (κ3) is 3.20. The third-order valence-electron chi connectivity index (χ3n) is 1.14. The molecular formula is C7H11BrN2S. The van der Waals surface area contributed by atoms with Crippen LogP contribution in [-0.2, 0) is 0 Å². The molecule has 0 saturated heterocycles. The summed E-state index contributed by atoms with van der Waals surface area (Å²) >= 11 is 4.92. The van der Waals surface area contributed by atoms with Crippen LogP contribution in [0.15, 0.2) is 9.98 Å². The van der Waals surface area contributed by atoms with E-state index < -0.39 is 0 Å². The smallest absolute Gasteiger partial charge is 0.183 e. The average Bonchev–Trinajstić information content (AvgIpc) is 2.31. The van der Waals surface area contributed by atoms with Gasteiger partial charge in [0.05, 0.1) is 0 Å². The fraction of sp³-hybridized carbons (Fsp3) is 0.571. The number of nitrogens with one attached hydrogen (secondary N) is 1. The van der Waals surface area contributed by atoms with Crippen molar-refractivity contribution in [2.75, 3.05) is 11.9 Å². The lowest BCUT2D eigenvalue weighted by molar-refractivity contribution is 0.688. The standard InChI is InChI=1S/C7H11BrN2S/c1-5(2)3-9-7-10-6(8)4-11-7/h4-5H,3H2,1-2H3,(H,9,10). The van der Waals surface area contributed by atoms with Crippen LogP contribution >= 0.6 is 27.3 Å². The summed E-state index contributed by atoms with van der Waals surface area (Å²) in [5, 5.41) is 6.21. The number of nitrogens with zero attached hydrogens (tertiary/aromatic N) is 1. The minimum Gasteiger partial charge on any atom is -0.361 e. The number of thiazole rings is 1. The summed E-state index contributed by atoms with van der Waals surface area (Å²) in [6.45, 7) is 5.34. The van der Waals surface area contributed by atoms with Gasteiger partial charge in [-0.1, -0.05) is 13.8 Å². The first-order valence-electron chi connectivity index (χ1n) is 3.53. The summed E-state index contributed by atoms with van der Waals surface area (Å²) in [5.41, 5.74) is 0. The van der Waals surface area contributed by atoms with Gasteiger partial charge < -0.3 is 5.32 Å². The van der Waals surface area contributed by atoms with E-state index in [4.69, 9.17) is 0 Å². The largest absolute Gasteiger partial charge is 0.361 e. The van der Waals surface area contributed by atoms with E-state index in [-0.39, 0.29) is 0 Å². The summed E-state index contributed by atoms with van der Waals surface area (Å²) in [7, 11) is 0. The third-order valence-corrected chi connectivity index (χ3v) is 2.65. The Morgan fingerprint density at radius 3 is 2.91 bits per heavy atom. The lowest BCUT2D eigenvalue weighted by atomic mass is 10.2. The quantitative estimate of drug-likeness (QED) is 0.871. The Labute approximate surface area is 79.2 Å². The summed E-state index contributed by atoms with van der Waals surface area (Å²) < 4.78 is 0.911. The van der Waals surface area contributed by atoms with Crippen LogP contribution in [0, 0.1) is 5.92 Å². The molecule has 0 amide bonds. The van der Waals surface area contributed by atoms with Crippen LogP contribution in [0.1, 0.15) is 13.8 Å². The number of halogens is 1. The van der Waals surface area contributed by atoms with Gasteiger partial charge in [0.25, 0.3) is 0 Å². The van der Waals surface area contributed by atoms with Crippen molar-refractivity contribution < 1.29 is 0 Å². The molecule has 1 aromatic rings. The van der Waals surface area contributed by atoms with Gasteiger partial charge in [-0.25, -0.2) is 4.98 Å². The van der Waals surface area contributed by atoms with Crippen molar-refractivity contribution in [3.8, 4) is 0 Å². The number of aromatic nitrogens is 1. The van der Waals surface area contributed by atoms with Crippen molar-refractivity contribution >= 4 is 32.4 Å². The molecule has 0 atom stereocenters. The monoisotopic (exact) mass is 234 g/mol. The average molecular weight is 235 g/mol. The maximum Gasteiger partial charge on any atom is 0.183 e. The number of anilines is 1. The van der Waals surface area contributed by atoms with Gasteiger partial charge >= 0.3 is 0 Å². The Bertz CT molecular complexity index is 222. The molecule has 0 bridgehead atoms. The van der Waals surface area contributed by atoms with Crippen molar-refractivity contribution in [1.29, 1.82) is 0 Å². The van der Waals surface area contributed by atoms with Crippen LogP contribution < -0.4 is 5.32 Å². The zero-order valence-electron chi connectivity index (χ0n) is 6.60. The van der Waals surface area contributed by atoms with E-state index in [1.165, 1.54) is 0 Å². The molecule has 0 aromatic carbocycles. The Morgan fingerprint density at radius 1 is 1.73 bits per heavy atom. The molecule has 0 aliphatic rings. The molecule has 4 heteroatoms. The van der Waals surface area contributed by atoms with E-state index in [1.54, 1.807) is 11.3 Å². The van der Waals surface area contributed by atoms with Gasteiger partial charge in [0, 0.05) is 11.9 Å². The van der Waals surface area contributed by atoms with Crippen molar-refractivity contribution in [2.24, 2.45) is 5.92 Å². The molecule has 1 aromatic heterocycles. The van der Waals surface area contributed by atoms with Gasteiger partial charge in [0.15, 0.2) is 5.13 Å². The Balaban J connectivity index is 2.39. The fourth-order valence-corrected chi connectivity index (χ4v) is 1.78. The van der Waals surface area contributed by atoms with Crippen LogP contribution in [0.25, 0.3) is 0 Å². The molecule has 0 fully saturated rings. The molecule has 0 aliphatic carbocycles. The highest BCUT2D eigenvalue weighted by Gasteiger charge is 1.98. The second-order valence-electron chi connectivity index (χ2n) is 2.75. The van der Waals surface area contributed by atoms with Crippen molar-refractivity contribution in [1.82, 2.24) is 4.98 Å². The molecule has 1 N–H and O–H groups in total. The molecular weight excluding hydrogens is 224 g/mol. The number of hydrogen-bond donors (Lipinski definition) is 1. The maximum atomic E-state index is 4.21. The zero-order valence-corrected chi connectivity index (χ0v) is 9.00. The van der Waals surface area contributed by atoms with Crippen molar-refractivity contribution in [3.63, 3.8) is 0 Å². The van der Waals surface area contributed by atoms with Gasteiger partial charge in [0.1, 0.15) is 4.60 Å². The topological polar surface area (TPSA) is 24.9 Å². The van der Waals surface area contributed by atoms with E-state index in [0.717, 1.165) is 16.3 Å². The Hall–Kier alpha value is -0.0900. The van der Waals surface area contributed by atoms with E-state index in [9.17, 15) is 0 Å². The molecule has 0 unspecified atom stereocenters. The Morgan fingerprint density at radius 2 is 2.45 bits per heavy atom. The molecule has 2 nitrogen and oxygen atoms in total. The zero-order chi connectivity index (χ0) is 8.27. The van der Waals surface area contributed by atoms with Crippen molar-refractivity contribution in [2.45, 2.75) is 13.8 Å². The van der Waals surface area contributed by atoms with Gasteiger partial charge in [-0.05, 0) is 21.8 Å². The first-order chi connectivity index (χ1) is 5.18. The number of hydrogen-bond acceptors (Lipinski definition) is 3. The van der Waals surface area contributed by atoms with Gasteiger partial charge in [-0.3, -0.25) is 0 Å². The maximum absolute atomic E-state index is 4.21. The summed E-state index contributed by atoms with van der Waals surface area (Å²) in [5.74, 6) is 0.665. The van der Waals surface area contributed by atoms with E-state index in [2.05, 4.69) is 40.1 Å². The van der Waals surface area contributed by atoms with Gasteiger partial charge in [-0.2, -0.15) is 0 Å². The SMILES string of the molecule is CC(C)CNc1nc(Br)cs1. The first kappa shape index (κ1) is 9.00. The van der Waals surface area contributed by atoms with Crippen LogP contribution in [0.2, 0.25) is 0 Å². The summed E-state index contributed by atoms with van der Waals surface area (Å²) in [6.07, 6.45) is 0. The minimum atomic E-state index is 0.665. The molecule has 0 radical (unpaired) electrons. The van der Waals surface area contributed by atoms with Gasteiger partial charge in [-0.15, -0.1) is 11.3 Å². The number of rotatable bonds is 3. The second-order valence-corrected chi connectivity index (χ2v) is 4.42. The lowest BCUT2D eigenvalue weighted by Crippen LogP contribution is -2.07. The highest BCUT2D eigenvalue weighted by Crippen LogP contribution is 2.19. The first-order valence-corrected chi connectivity index (χ1v) is 5.20. The highest BCUT2D eigenvalue weighted by atomic mass is 79.9. The molecule has 0 aliphatic heterocycles. The van der Waals surface area contributed by atoms with Crippen LogP contribution in [0.5, 0.6) is 0 Å². The molecule has 62 valence electrons. The van der Waals surface area contributed by atoms with E-state index >= 15 is 0 Å². The lowest BCUT2D eigenvalue weighted by Gasteiger charge is -2.03. The molecule has 1 heterocycles. The van der Waals surface area contributed by atoms with Crippen molar-refractivity contribution in [3.05, 3.63) is 9.98 Å². The summed E-state index contributed by atoms with van der Waals surface area (Å²) in [6, 6.07) is 0. The molecule has 0 saturated carbocycles. The Kier molecular flexibility index (Phi) is 3.33. The molecule has 11 heavy (non-hydrogen) atoms. The fourth-order valence-electron chi connectivity index (χ4n) is 0.627. The second kappa shape index (κ2) is 4.07. The van der Waals surface area contributed by atoms with E-state index in [1.807, 2.05) is 5.38 Å². The van der Waals surface area contributed by atoms with Gasteiger partial charge in [0.2, 0.25) is 0 Å². The van der Waals surface area contributed by atoms with E-state index in [0.29, 0.717) is 5.92 Å². The molecule has 0 spiro atoms. The highest BCUT2D eigenvalue weighted by molar-refractivity contribution is 9.10. The van der Waals surface area contributed by atoms with Crippen LogP contribution in [-0.4, -0.2) is 11.5 Å². The normalized spacial score (nSPS) is 10.5.